The summed E-state index contributed by atoms with van der Waals surface area (Å²) in [4.78, 5) is 26.0. The Balaban J connectivity index is 2.50. The molecule has 100 valence electrons. The number of nitrogens with one attached hydrogen (secondary N) is 1. The van der Waals surface area contributed by atoms with Crippen molar-refractivity contribution in [1.82, 2.24) is 4.90 Å². The number of carboxylic acid groups (broad SMARTS) is 1. The van der Waals surface area contributed by atoms with Gasteiger partial charge in [0.15, 0.2) is 0 Å². The first-order chi connectivity index (χ1) is 8.36. The highest BCUT2D eigenvalue weighted by molar-refractivity contribution is 5.84. The third-order valence-electron chi connectivity index (χ3n) is 2.84. The minimum Gasteiger partial charge on any atom is -0.530 e. The molecular formula is C10H15N3O5. The van der Waals surface area contributed by atoms with E-state index in [0.717, 1.165) is 4.90 Å². The Kier molecular flexibility index (Phi) is 4.41. The molecule has 0 aliphatic carbocycles. The third-order valence-corrected chi connectivity index (χ3v) is 2.84. The topological polar surface area (TPSA) is 128 Å². The minimum absolute atomic E-state index is 0.101. The Labute approximate surface area is 103 Å². The van der Waals surface area contributed by atoms with Crippen LogP contribution in [-0.4, -0.2) is 51.4 Å². The number of hydrogen-bond donors (Lipinski definition) is 2. The highest BCUT2D eigenvalue weighted by Gasteiger charge is 2.35. The lowest BCUT2D eigenvalue weighted by Crippen LogP contribution is -2.51. The molecule has 1 aliphatic heterocycles. The molecule has 8 nitrogen and oxygen atoms in total. The monoisotopic (exact) mass is 257 g/mol. The Morgan fingerprint density at radius 2 is 2.06 bits per heavy atom. The van der Waals surface area contributed by atoms with Crippen molar-refractivity contribution in [3.63, 3.8) is 0 Å². The number of likely N-dealkylation sites (tertiary alicyclic amines) is 1. The summed E-state index contributed by atoms with van der Waals surface area (Å²) in [7, 11) is 0. The number of nitrogens with zero attached hydrogens (tertiary/aromatic N) is 2. The largest absolute Gasteiger partial charge is 0.530 e. The highest BCUT2D eigenvalue weighted by Crippen LogP contribution is 2.25. The van der Waals surface area contributed by atoms with Gasteiger partial charge in [0, 0.05) is 13.1 Å². The van der Waals surface area contributed by atoms with Crippen molar-refractivity contribution in [2.75, 3.05) is 13.1 Å². The van der Waals surface area contributed by atoms with Crippen LogP contribution in [0.4, 0.5) is 4.79 Å². The van der Waals surface area contributed by atoms with Crippen LogP contribution in [0.1, 0.15) is 26.2 Å². The first kappa shape index (κ1) is 14.1. The number of carbonyl (C=O) groups is 2. The van der Waals surface area contributed by atoms with E-state index >= 15 is 0 Å². The number of esters is 1. The third kappa shape index (κ3) is 3.83. The van der Waals surface area contributed by atoms with E-state index in [-0.39, 0.29) is 38.2 Å². The second-order valence-electron chi connectivity index (χ2n) is 4.26. The molecular weight excluding hydrogens is 242 g/mol. The predicted octanol–water partition coefficient (Wildman–Crippen LogP) is -1.25. The van der Waals surface area contributed by atoms with E-state index in [4.69, 9.17) is 5.53 Å². The van der Waals surface area contributed by atoms with Crippen molar-refractivity contribution in [1.29, 1.82) is 5.53 Å². The predicted molar refractivity (Wildman–Crippen MR) is 55.5 cm³/mol. The summed E-state index contributed by atoms with van der Waals surface area (Å²) in [6.45, 7) is 1.60. The quantitative estimate of drug-likeness (QED) is 0.210. The number of ether oxygens (including phenoxy) is 1. The summed E-state index contributed by atoms with van der Waals surface area (Å²) in [6.07, 6.45) is -1.24. The molecule has 8 heteroatoms. The molecule has 0 spiro atoms. The molecule has 0 aromatic heterocycles. The van der Waals surface area contributed by atoms with Crippen molar-refractivity contribution in [2.45, 2.75) is 31.8 Å². The number of hydrogen-bond acceptors (Lipinski definition) is 6. The van der Waals surface area contributed by atoms with Gasteiger partial charge < -0.3 is 24.6 Å². The van der Waals surface area contributed by atoms with E-state index in [1.165, 1.54) is 6.92 Å². The average Bonchev–Trinajstić information content (AvgIpc) is 2.28. The summed E-state index contributed by atoms with van der Waals surface area (Å²) < 4.78 is 4.66. The molecule has 18 heavy (non-hydrogen) atoms. The number of carbonyl (C=O) groups excluding carboxylic acids is 2. The Bertz CT molecular complexity index is 394. The van der Waals surface area contributed by atoms with Crippen molar-refractivity contribution >= 4 is 18.0 Å². The molecule has 0 saturated carbocycles. The van der Waals surface area contributed by atoms with Crippen molar-refractivity contribution in [3.8, 4) is 0 Å². The van der Waals surface area contributed by atoms with Gasteiger partial charge in [0.05, 0.1) is 29.3 Å². The van der Waals surface area contributed by atoms with Crippen molar-refractivity contribution in [3.05, 3.63) is 0 Å². The number of aliphatic hydroxyl groups is 1. The lowest BCUT2D eigenvalue weighted by atomic mass is 9.88. The van der Waals surface area contributed by atoms with Crippen molar-refractivity contribution in [2.24, 2.45) is 0 Å². The van der Waals surface area contributed by atoms with Gasteiger partial charge in [0.1, 0.15) is 6.09 Å². The van der Waals surface area contributed by atoms with E-state index in [2.05, 4.69) is 9.53 Å². The van der Waals surface area contributed by atoms with Crippen LogP contribution >= 0.6 is 0 Å². The van der Waals surface area contributed by atoms with Gasteiger partial charge in [0.2, 0.25) is 0 Å². The van der Waals surface area contributed by atoms with E-state index in [9.17, 15) is 19.8 Å². The maximum atomic E-state index is 11.4. The summed E-state index contributed by atoms with van der Waals surface area (Å²) in [5.41, 5.74) is 5.34. The molecule has 1 aliphatic rings. The van der Waals surface area contributed by atoms with Crippen LogP contribution in [0.15, 0.2) is 0 Å². The fourth-order valence-corrected chi connectivity index (χ4v) is 1.77. The molecule has 2 N–H and O–H groups in total. The normalized spacial score (nSPS) is 17.8. The van der Waals surface area contributed by atoms with Crippen LogP contribution in [0.5, 0.6) is 0 Å². The van der Waals surface area contributed by atoms with Crippen LogP contribution in [0, 0.1) is 5.53 Å². The molecule has 1 fully saturated rings. The average molecular weight is 257 g/mol. The number of rotatable bonds is 2. The number of piperidine rings is 1. The molecule has 1 amide bonds. The lowest BCUT2D eigenvalue weighted by molar-refractivity contribution is -0.267. The summed E-state index contributed by atoms with van der Waals surface area (Å²) in [5, 5.41) is 20.7. The molecule has 1 rings (SSSR count). The number of amides is 1. The zero-order valence-electron chi connectivity index (χ0n) is 10.0. The van der Waals surface area contributed by atoms with E-state index in [1.807, 2.05) is 0 Å². The van der Waals surface area contributed by atoms with E-state index < -0.39 is 17.7 Å². The molecule has 0 aromatic carbocycles. The van der Waals surface area contributed by atoms with Gasteiger partial charge in [-0.1, -0.05) is 0 Å². The van der Waals surface area contributed by atoms with Crippen LogP contribution in [0.3, 0.4) is 0 Å². The minimum atomic E-state index is -1.28. The Morgan fingerprint density at radius 1 is 1.50 bits per heavy atom. The van der Waals surface area contributed by atoms with Gasteiger partial charge in [-0.25, -0.2) is 0 Å². The van der Waals surface area contributed by atoms with Gasteiger partial charge in [-0.15, -0.1) is 0 Å². The molecule has 0 aromatic rings. The molecule has 0 atom stereocenters. The van der Waals surface area contributed by atoms with Gasteiger partial charge in [-0.05, 0) is 12.8 Å². The summed E-state index contributed by atoms with van der Waals surface area (Å²) in [5.74, 6) is -0.788. The van der Waals surface area contributed by atoms with Gasteiger partial charge in [-0.2, -0.15) is 0 Å². The molecule has 1 saturated heterocycles. The second kappa shape index (κ2) is 5.61. The fraction of sp³-hybridized carbons (Fsp3) is 0.700. The zero-order valence-corrected chi connectivity index (χ0v) is 10.0. The maximum Gasteiger partial charge on any atom is 0.504 e. The van der Waals surface area contributed by atoms with Gasteiger partial charge >= 0.3 is 11.9 Å². The maximum absolute atomic E-state index is 11.4. The summed E-state index contributed by atoms with van der Waals surface area (Å²) in [6, 6.07) is 0. The van der Waals surface area contributed by atoms with Gasteiger partial charge in [-0.3, -0.25) is 4.79 Å². The first-order valence-electron chi connectivity index (χ1n) is 5.46. The lowest BCUT2D eigenvalue weighted by Gasteiger charge is -2.38. The first-order valence-corrected chi connectivity index (χ1v) is 5.46. The van der Waals surface area contributed by atoms with Crippen LogP contribution < -0.4 is 5.11 Å². The standard InChI is InChI=1S/C10H15N3O5/c1-7(12-11)18-8(14)6-10(17)2-4-13(5-3-10)9(15)16/h11,17H,2-6H2,1H3. The zero-order chi connectivity index (χ0) is 13.8. The fourth-order valence-electron chi connectivity index (χ4n) is 1.77. The van der Waals surface area contributed by atoms with Crippen LogP contribution in [0.25, 0.3) is 0 Å². The van der Waals surface area contributed by atoms with Gasteiger partial charge in [0.25, 0.3) is 0 Å². The van der Waals surface area contributed by atoms with E-state index in [1.54, 1.807) is 0 Å². The highest BCUT2D eigenvalue weighted by atomic mass is 16.5. The van der Waals surface area contributed by atoms with E-state index in [0.29, 0.717) is 0 Å². The van der Waals surface area contributed by atoms with Crippen molar-refractivity contribution < 1.29 is 29.3 Å². The smallest absolute Gasteiger partial charge is 0.504 e. The second-order valence-corrected chi connectivity index (χ2v) is 4.26. The molecule has 0 unspecified atom stereocenters. The SMILES string of the molecule is CC(=[N+]=N)OC(=O)CC1(O)CCN(C(=O)[O-])CC1. The van der Waals surface area contributed by atoms with Crippen LogP contribution in [-0.2, 0) is 9.53 Å². The van der Waals surface area contributed by atoms with Crippen LogP contribution in [0.2, 0.25) is 0 Å². The Morgan fingerprint density at radius 3 is 2.50 bits per heavy atom. The Hall–Kier alpha value is -1.92. The molecule has 0 radical (unpaired) electrons. The molecule has 0 bridgehead atoms. The molecule has 1 heterocycles. The summed E-state index contributed by atoms with van der Waals surface area (Å²) >= 11 is 0.